The van der Waals surface area contributed by atoms with Gasteiger partial charge in [-0.15, -0.1) is 0 Å². The number of rotatable bonds is 3. The minimum atomic E-state index is 0.870. The number of hydrogen-bond donors (Lipinski definition) is 0. The summed E-state index contributed by atoms with van der Waals surface area (Å²) in [5.41, 5.74) is 5.03. The van der Waals surface area contributed by atoms with Gasteiger partial charge in [0, 0.05) is 0 Å². The standard InChI is InChI=1S/C41H26O/c1-42-31-21-20-29-23-34-35(24-30(29)22-31)39(26-12-6-3-7-13-26)41-33-17-9-15-28-19-18-27-14-8-16-32(36(27)37(28)33)40(41)38(34)25-10-4-2-5-11-25/h2-24H,1H3. The predicted octanol–water partition coefficient (Wildman–Crippen LogP) is 11.4. The van der Waals surface area contributed by atoms with Crippen molar-refractivity contribution in [3.8, 4) is 28.0 Å². The summed E-state index contributed by atoms with van der Waals surface area (Å²) in [6.45, 7) is 0. The Kier molecular flexibility index (Phi) is 4.88. The van der Waals surface area contributed by atoms with Crippen molar-refractivity contribution in [3.05, 3.63) is 140 Å². The molecule has 0 fully saturated rings. The molecular weight excluding hydrogens is 508 g/mol. The van der Waals surface area contributed by atoms with Gasteiger partial charge in [0.1, 0.15) is 5.75 Å². The van der Waals surface area contributed by atoms with Crippen molar-refractivity contribution < 1.29 is 4.74 Å². The summed E-state index contributed by atoms with van der Waals surface area (Å²) in [6.07, 6.45) is 0. The minimum Gasteiger partial charge on any atom is -0.497 e. The van der Waals surface area contributed by atoms with Crippen molar-refractivity contribution in [1.29, 1.82) is 0 Å². The van der Waals surface area contributed by atoms with Gasteiger partial charge in [-0.1, -0.05) is 115 Å². The fourth-order valence-corrected chi connectivity index (χ4v) is 7.26. The fraction of sp³-hybridized carbons (Fsp3) is 0.0244. The van der Waals surface area contributed by atoms with E-state index in [2.05, 4.69) is 140 Å². The molecule has 0 unspecified atom stereocenters. The molecule has 0 aliphatic carbocycles. The Morgan fingerprint density at radius 3 is 1.38 bits per heavy atom. The average Bonchev–Trinajstić information content (AvgIpc) is 3.06. The second-order valence-electron chi connectivity index (χ2n) is 11.2. The first-order valence-corrected chi connectivity index (χ1v) is 14.5. The highest BCUT2D eigenvalue weighted by Crippen LogP contribution is 2.51. The molecule has 0 aliphatic rings. The number of hydrogen-bond acceptors (Lipinski definition) is 1. The van der Waals surface area contributed by atoms with Crippen LogP contribution >= 0.6 is 0 Å². The van der Waals surface area contributed by atoms with E-state index in [0.717, 1.165) is 5.75 Å². The van der Waals surface area contributed by atoms with Gasteiger partial charge in [0.15, 0.2) is 0 Å². The van der Waals surface area contributed by atoms with Gasteiger partial charge < -0.3 is 4.74 Å². The maximum Gasteiger partial charge on any atom is 0.119 e. The molecule has 1 heteroatoms. The van der Waals surface area contributed by atoms with Crippen LogP contribution in [0, 0.1) is 0 Å². The van der Waals surface area contributed by atoms with Crippen LogP contribution in [0.2, 0.25) is 0 Å². The quantitative estimate of drug-likeness (QED) is 0.162. The number of ether oxygens (including phenoxy) is 1. The van der Waals surface area contributed by atoms with E-state index >= 15 is 0 Å². The molecule has 0 atom stereocenters. The first-order valence-electron chi connectivity index (χ1n) is 14.5. The van der Waals surface area contributed by atoms with Gasteiger partial charge in [-0.25, -0.2) is 0 Å². The molecule has 0 N–H and O–H groups in total. The van der Waals surface area contributed by atoms with Crippen LogP contribution in [0.4, 0.5) is 0 Å². The van der Waals surface area contributed by atoms with Crippen molar-refractivity contribution in [2.75, 3.05) is 7.11 Å². The highest BCUT2D eigenvalue weighted by Gasteiger charge is 2.23. The minimum absolute atomic E-state index is 0.870. The summed E-state index contributed by atoms with van der Waals surface area (Å²) in [5, 5.41) is 15.4. The summed E-state index contributed by atoms with van der Waals surface area (Å²) in [5.74, 6) is 0.870. The number of fused-ring (bicyclic) bond motifs is 5. The third-order valence-corrected chi connectivity index (χ3v) is 9.02. The zero-order valence-electron chi connectivity index (χ0n) is 23.2. The van der Waals surface area contributed by atoms with Gasteiger partial charge in [0.05, 0.1) is 7.11 Å². The van der Waals surface area contributed by atoms with Crippen LogP contribution in [0.15, 0.2) is 140 Å². The maximum atomic E-state index is 5.64. The summed E-state index contributed by atoms with van der Waals surface area (Å²) < 4.78 is 5.64. The van der Waals surface area contributed by atoms with Crippen LogP contribution in [0.1, 0.15) is 0 Å². The maximum absolute atomic E-state index is 5.64. The Labute approximate surface area is 243 Å². The SMILES string of the molecule is COc1ccc2cc3c(-c4ccccc4)c4c5cccc6ccc7cccc(c4c(-c4ccccc4)c3cc2c1)c7c65. The van der Waals surface area contributed by atoms with Crippen LogP contribution in [0.25, 0.3) is 86.9 Å². The van der Waals surface area contributed by atoms with Crippen molar-refractivity contribution in [1.82, 2.24) is 0 Å². The Morgan fingerprint density at radius 1 is 0.357 bits per heavy atom. The highest BCUT2D eigenvalue weighted by molar-refractivity contribution is 6.41. The third-order valence-electron chi connectivity index (χ3n) is 9.02. The van der Waals surface area contributed by atoms with Crippen molar-refractivity contribution in [2.45, 2.75) is 0 Å². The first kappa shape index (κ1) is 23.3. The molecule has 0 bridgehead atoms. The molecule has 0 aromatic heterocycles. The van der Waals surface area contributed by atoms with Gasteiger partial charge >= 0.3 is 0 Å². The summed E-state index contributed by atoms with van der Waals surface area (Å²) >= 11 is 0. The predicted molar refractivity (Wildman–Crippen MR) is 180 cm³/mol. The zero-order valence-corrected chi connectivity index (χ0v) is 23.2. The van der Waals surface area contributed by atoms with Gasteiger partial charge in [0.2, 0.25) is 0 Å². The molecular formula is C41H26O. The Balaban J connectivity index is 1.67. The van der Waals surface area contributed by atoms with Crippen LogP contribution in [0.3, 0.4) is 0 Å². The van der Waals surface area contributed by atoms with E-state index in [1.165, 1.54) is 86.9 Å². The van der Waals surface area contributed by atoms with E-state index in [9.17, 15) is 0 Å². The second kappa shape index (κ2) is 8.80. The van der Waals surface area contributed by atoms with E-state index in [-0.39, 0.29) is 0 Å². The molecule has 42 heavy (non-hydrogen) atoms. The van der Waals surface area contributed by atoms with Crippen LogP contribution in [-0.4, -0.2) is 7.11 Å². The Hall–Kier alpha value is -5.40. The molecule has 0 heterocycles. The van der Waals surface area contributed by atoms with Gasteiger partial charge in [0.25, 0.3) is 0 Å². The van der Waals surface area contributed by atoms with E-state index in [1.54, 1.807) is 7.11 Å². The molecule has 0 radical (unpaired) electrons. The molecule has 9 aromatic carbocycles. The molecule has 0 spiro atoms. The molecule has 0 aliphatic heterocycles. The molecule has 196 valence electrons. The molecule has 0 saturated heterocycles. The van der Waals surface area contributed by atoms with Gasteiger partial charge in [-0.2, -0.15) is 0 Å². The summed E-state index contributed by atoms with van der Waals surface area (Å²) in [4.78, 5) is 0. The Bertz CT molecular complexity index is 2470. The van der Waals surface area contributed by atoms with Crippen LogP contribution in [0.5, 0.6) is 5.75 Å². The van der Waals surface area contributed by atoms with Crippen molar-refractivity contribution in [3.63, 3.8) is 0 Å². The van der Waals surface area contributed by atoms with Crippen molar-refractivity contribution >= 4 is 64.6 Å². The zero-order chi connectivity index (χ0) is 27.8. The third kappa shape index (κ3) is 3.19. The van der Waals surface area contributed by atoms with E-state index in [0.29, 0.717) is 0 Å². The van der Waals surface area contributed by atoms with Crippen molar-refractivity contribution in [2.24, 2.45) is 0 Å². The fourth-order valence-electron chi connectivity index (χ4n) is 7.26. The topological polar surface area (TPSA) is 9.23 Å². The van der Waals surface area contributed by atoms with Crippen LogP contribution in [-0.2, 0) is 0 Å². The first-order chi connectivity index (χ1) is 20.8. The smallest absolute Gasteiger partial charge is 0.119 e. The highest BCUT2D eigenvalue weighted by atomic mass is 16.5. The van der Waals surface area contributed by atoms with Crippen LogP contribution < -0.4 is 4.74 Å². The van der Waals surface area contributed by atoms with Gasteiger partial charge in [-0.05, 0) is 111 Å². The van der Waals surface area contributed by atoms with E-state index in [4.69, 9.17) is 4.74 Å². The largest absolute Gasteiger partial charge is 0.497 e. The Morgan fingerprint density at radius 2 is 0.857 bits per heavy atom. The monoisotopic (exact) mass is 534 g/mol. The molecule has 9 rings (SSSR count). The van der Waals surface area contributed by atoms with E-state index in [1.807, 2.05) is 0 Å². The summed E-state index contributed by atoms with van der Waals surface area (Å²) in [6, 6.07) is 51.2. The molecule has 0 saturated carbocycles. The lowest BCUT2D eigenvalue weighted by atomic mass is 9.80. The molecule has 0 amide bonds. The van der Waals surface area contributed by atoms with Gasteiger partial charge in [-0.3, -0.25) is 0 Å². The molecule has 9 aromatic rings. The van der Waals surface area contributed by atoms with E-state index < -0.39 is 0 Å². The average molecular weight is 535 g/mol. The number of benzene rings is 9. The summed E-state index contributed by atoms with van der Waals surface area (Å²) in [7, 11) is 1.74. The lowest BCUT2D eigenvalue weighted by Gasteiger charge is -2.23. The number of methoxy groups -OCH3 is 1. The lowest BCUT2D eigenvalue weighted by Crippen LogP contribution is -1.95. The normalized spacial score (nSPS) is 11.9. The molecule has 1 nitrogen and oxygen atoms in total. The second-order valence-corrected chi connectivity index (χ2v) is 11.2. The lowest BCUT2D eigenvalue weighted by molar-refractivity contribution is 0.415.